The fourth-order valence-electron chi connectivity index (χ4n) is 3.09. The predicted octanol–water partition coefficient (Wildman–Crippen LogP) is 4.73. The molecule has 0 bridgehead atoms. The summed E-state index contributed by atoms with van der Waals surface area (Å²) in [7, 11) is 0. The molecule has 0 radical (unpaired) electrons. The van der Waals surface area contributed by atoms with Crippen LogP contribution in [-0.2, 0) is 20.0 Å². The summed E-state index contributed by atoms with van der Waals surface area (Å²) in [5.74, 6) is -1.04. The summed E-state index contributed by atoms with van der Waals surface area (Å²) < 4.78 is 29.2. The number of para-hydroxylation sites is 1. The third-order valence-electron chi connectivity index (χ3n) is 4.46. The maximum absolute atomic E-state index is 13.1. The molecule has 0 aliphatic carbocycles. The largest absolute Gasteiger partial charge is 0.460 e. The molecule has 4 rings (SSSR count). The van der Waals surface area contributed by atoms with Crippen molar-refractivity contribution < 1.29 is 27.9 Å². The highest BCUT2D eigenvalue weighted by atomic mass is 32.2. The van der Waals surface area contributed by atoms with Crippen molar-refractivity contribution in [3.63, 3.8) is 0 Å². The quantitative estimate of drug-likeness (QED) is 0.456. The third-order valence-corrected chi connectivity index (χ3v) is 5.49. The van der Waals surface area contributed by atoms with E-state index in [1.54, 1.807) is 25.1 Å². The predicted molar refractivity (Wildman–Crippen MR) is 102 cm³/mol. The Morgan fingerprint density at radius 3 is 2.68 bits per heavy atom. The van der Waals surface area contributed by atoms with Crippen molar-refractivity contribution in [3.05, 3.63) is 65.7 Å². The van der Waals surface area contributed by atoms with Gasteiger partial charge in [0.05, 0.1) is 0 Å². The SMILES string of the molecule is C[C@@H]1C[C@@H](OC(=O)c2oc3ccccc3c2CSc2ccc(F)cc2)C(=O)O1. The number of hydrogen-bond acceptors (Lipinski definition) is 6. The van der Waals surface area contributed by atoms with E-state index in [1.807, 2.05) is 18.2 Å². The van der Waals surface area contributed by atoms with Crippen LogP contribution in [-0.4, -0.2) is 24.1 Å². The first-order valence-electron chi connectivity index (χ1n) is 8.81. The standard InChI is InChI=1S/C21H17FO5S/c1-12-10-18(20(23)25-12)27-21(24)19-16(15-4-2-3-5-17(15)26-19)11-28-14-8-6-13(22)7-9-14/h2-9,12,18H,10-11H2,1H3/t12-,18-/m1/s1. The molecule has 1 aliphatic heterocycles. The molecular formula is C21H17FO5S. The molecule has 3 aromatic rings. The molecule has 7 heteroatoms. The minimum absolute atomic E-state index is 0.0724. The van der Waals surface area contributed by atoms with Crippen LogP contribution in [0.25, 0.3) is 11.0 Å². The van der Waals surface area contributed by atoms with Gasteiger partial charge in [-0.3, -0.25) is 0 Å². The molecule has 5 nitrogen and oxygen atoms in total. The molecule has 1 aliphatic rings. The lowest BCUT2D eigenvalue weighted by Gasteiger charge is -2.08. The van der Waals surface area contributed by atoms with Gasteiger partial charge in [0, 0.05) is 28.0 Å². The molecule has 0 spiro atoms. The number of esters is 2. The second-order valence-electron chi connectivity index (χ2n) is 6.53. The minimum atomic E-state index is -0.923. The Bertz CT molecular complexity index is 1030. The molecule has 2 aromatic carbocycles. The van der Waals surface area contributed by atoms with Crippen molar-refractivity contribution in [1.29, 1.82) is 0 Å². The highest BCUT2D eigenvalue weighted by Crippen LogP contribution is 2.33. The zero-order chi connectivity index (χ0) is 19.7. The average molecular weight is 400 g/mol. The number of rotatable bonds is 5. The molecular weight excluding hydrogens is 383 g/mol. The average Bonchev–Trinajstić information content (AvgIpc) is 3.20. The fourth-order valence-corrected chi connectivity index (χ4v) is 4.02. The van der Waals surface area contributed by atoms with Crippen molar-refractivity contribution in [1.82, 2.24) is 0 Å². The van der Waals surface area contributed by atoms with E-state index in [1.165, 1.54) is 23.9 Å². The lowest BCUT2D eigenvalue weighted by atomic mass is 10.1. The van der Waals surface area contributed by atoms with E-state index in [9.17, 15) is 14.0 Å². The summed E-state index contributed by atoms with van der Waals surface area (Å²) in [5, 5.41) is 0.798. The van der Waals surface area contributed by atoms with Crippen LogP contribution in [0.4, 0.5) is 4.39 Å². The van der Waals surface area contributed by atoms with E-state index in [0.717, 1.165) is 10.3 Å². The van der Waals surface area contributed by atoms with Gasteiger partial charge in [-0.15, -0.1) is 11.8 Å². The number of thioether (sulfide) groups is 1. The van der Waals surface area contributed by atoms with Gasteiger partial charge in [-0.2, -0.15) is 0 Å². The Labute approximate surface area is 164 Å². The number of carbonyl (C=O) groups excluding carboxylic acids is 2. The van der Waals surface area contributed by atoms with Crippen LogP contribution >= 0.6 is 11.8 Å². The van der Waals surface area contributed by atoms with Crippen molar-refractivity contribution in [2.45, 2.75) is 36.2 Å². The molecule has 144 valence electrons. The van der Waals surface area contributed by atoms with E-state index in [0.29, 0.717) is 23.3 Å². The first kappa shape index (κ1) is 18.6. The Kier molecular flexibility index (Phi) is 5.09. The van der Waals surface area contributed by atoms with Crippen molar-refractivity contribution in [2.75, 3.05) is 0 Å². The number of furan rings is 1. The van der Waals surface area contributed by atoms with Crippen LogP contribution in [0.5, 0.6) is 0 Å². The van der Waals surface area contributed by atoms with Crippen LogP contribution in [0.15, 0.2) is 57.8 Å². The molecule has 0 N–H and O–H groups in total. The minimum Gasteiger partial charge on any atom is -0.460 e. The van der Waals surface area contributed by atoms with Crippen LogP contribution in [0.1, 0.15) is 29.5 Å². The number of ether oxygens (including phenoxy) is 2. The lowest BCUT2D eigenvalue weighted by molar-refractivity contribution is -0.147. The van der Waals surface area contributed by atoms with Gasteiger partial charge in [0.2, 0.25) is 11.9 Å². The second-order valence-corrected chi connectivity index (χ2v) is 7.57. The van der Waals surface area contributed by atoms with Gasteiger partial charge in [-0.1, -0.05) is 18.2 Å². The lowest BCUT2D eigenvalue weighted by Crippen LogP contribution is -2.23. The van der Waals surface area contributed by atoms with Crippen molar-refractivity contribution in [2.24, 2.45) is 0 Å². The molecule has 2 heterocycles. The Hall–Kier alpha value is -2.80. The monoisotopic (exact) mass is 400 g/mol. The molecule has 0 saturated carbocycles. The summed E-state index contributed by atoms with van der Waals surface area (Å²) in [6.07, 6.45) is -0.882. The maximum atomic E-state index is 13.1. The van der Waals surface area contributed by atoms with E-state index in [-0.39, 0.29) is 17.7 Å². The Balaban J connectivity index is 1.60. The number of cyclic esters (lactones) is 1. The molecule has 1 aromatic heterocycles. The van der Waals surface area contributed by atoms with E-state index < -0.39 is 18.0 Å². The van der Waals surface area contributed by atoms with Gasteiger partial charge in [0.25, 0.3) is 0 Å². The second kappa shape index (κ2) is 7.67. The zero-order valence-corrected chi connectivity index (χ0v) is 15.8. The molecule has 28 heavy (non-hydrogen) atoms. The topological polar surface area (TPSA) is 65.7 Å². The van der Waals surface area contributed by atoms with Gasteiger partial charge in [0.15, 0.2) is 0 Å². The van der Waals surface area contributed by atoms with Crippen LogP contribution in [0.2, 0.25) is 0 Å². The first-order valence-corrected chi connectivity index (χ1v) is 9.80. The number of fused-ring (bicyclic) bond motifs is 1. The van der Waals surface area contributed by atoms with Gasteiger partial charge < -0.3 is 13.9 Å². The summed E-state index contributed by atoms with van der Waals surface area (Å²) in [5.41, 5.74) is 1.24. The zero-order valence-electron chi connectivity index (χ0n) is 15.0. The summed E-state index contributed by atoms with van der Waals surface area (Å²) in [6, 6.07) is 13.4. The smallest absolute Gasteiger partial charge is 0.375 e. The van der Waals surface area contributed by atoms with Crippen LogP contribution < -0.4 is 0 Å². The van der Waals surface area contributed by atoms with Gasteiger partial charge in [0.1, 0.15) is 17.5 Å². The number of carbonyl (C=O) groups is 2. The van der Waals surface area contributed by atoms with Crippen molar-refractivity contribution in [3.8, 4) is 0 Å². The van der Waals surface area contributed by atoms with E-state index in [2.05, 4.69) is 0 Å². The van der Waals surface area contributed by atoms with Gasteiger partial charge in [-0.05, 0) is 37.3 Å². The number of hydrogen-bond donors (Lipinski definition) is 0. The fraction of sp³-hybridized carbons (Fsp3) is 0.238. The van der Waals surface area contributed by atoms with E-state index in [4.69, 9.17) is 13.9 Å². The van der Waals surface area contributed by atoms with Crippen molar-refractivity contribution >= 4 is 34.7 Å². The number of benzene rings is 2. The van der Waals surface area contributed by atoms with Gasteiger partial charge in [-0.25, -0.2) is 14.0 Å². The first-order chi connectivity index (χ1) is 13.5. The number of halogens is 1. The van der Waals surface area contributed by atoms with Crippen LogP contribution in [0, 0.1) is 5.82 Å². The molecule has 0 unspecified atom stereocenters. The molecule has 0 amide bonds. The normalized spacial score (nSPS) is 19.0. The molecule has 1 fully saturated rings. The highest BCUT2D eigenvalue weighted by Gasteiger charge is 2.36. The Morgan fingerprint density at radius 1 is 1.21 bits per heavy atom. The highest BCUT2D eigenvalue weighted by molar-refractivity contribution is 7.98. The Morgan fingerprint density at radius 2 is 1.96 bits per heavy atom. The van der Waals surface area contributed by atoms with Gasteiger partial charge >= 0.3 is 11.9 Å². The van der Waals surface area contributed by atoms with E-state index >= 15 is 0 Å². The summed E-state index contributed by atoms with van der Waals surface area (Å²) >= 11 is 1.45. The van der Waals surface area contributed by atoms with Crippen LogP contribution in [0.3, 0.4) is 0 Å². The summed E-state index contributed by atoms with van der Waals surface area (Å²) in [6.45, 7) is 1.75. The maximum Gasteiger partial charge on any atom is 0.375 e. The summed E-state index contributed by atoms with van der Waals surface area (Å²) in [4.78, 5) is 25.4. The molecule has 1 saturated heterocycles. The molecule has 2 atom stereocenters. The third kappa shape index (κ3) is 3.75.